The highest BCUT2D eigenvalue weighted by Gasteiger charge is 2.20. The molecule has 1 aliphatic rings. The number of hydrogen-bond donors (Lipinski definition) is 1. The van der Waals surface area contributed by atoms with Gasteiger partial charge in [0.2, 0.25) is 0 Å². The van der Waals surface area contributed by atoms with E-state index in [4.69, 9.17) is 0 Å². The second-order valence-corrected chi connectivity index (χ2v) is 5.44. The Morgan fingerprint density at radius 1 is 1.17 bits per heavy atom. The molecule has 2 heteroatoms. The van der Waals surface area contributed by atoms with Crippen molar-refractivity contribution in [2.45, 2.75) is 45.7 Å². The van der Waals surface area contributed by atoms with Crippen LogP contribution in [0.3, 0.4) is 0 Å². The molecule has 1 heterocycles. The van der Waals surface area contributed by atoms with E-state index >= 15 is 0 Å². The number of hydrogen-bond acceptors (Lipinski definition) is 2. The smallest absolute Gasteiger partial charge is 0.0236 e. The lowest BCUT2D eigenvalue weighted by atomic mass is 10.0. The van der Waals surface area contributed by atoms with Crippen LogP contribution < -0.4 is 5.32 Å². The molecule has 0 spiro atoms. The molecule has 0 amide bonds. The van der Waals surface area contributed by atoms with Crippen LogP contribution in [0.2, 0.25) is 0 Å². The van der Waals surface area contributed by atoms with Crippen LogP contribution in [0.1, 0.15) is 37.3 Å². The van der Waals surface area contributed by atoms with Gasteiger partial charge in [0.1, 0.15) is 0 Å². The zero-order chi connectivity index (χ0) is 12.8. The molecule has 1 saturated heterocycles. The maximum absolute atomic E-state index is 3.46. The summed E-state index contributed by atoms with van der Waals surface area (Å²) in [4.78, 5) is 2.67. The summed E-state index contributed by atoms with van der Waals surface area (Å²) in [5.74, 6) is 0. The molecule has 1 aromatic carbocycles. The van der Waals surface area contributed by atoms with E-state index in [-0.39, 0.29) is 0 Å². The zero-order valence-electron chi connectivity index (χ0n) is 11.8. The Kier molecular flexibility index (Phi) is 5.21. The quantitative estimate of drug-likeness (QED) is 0.859. The number of aryl methyl sites for hydroxylation is 1. The van der Waals surface area contributed by atoms with Gasteiger partial charge in [0.15, 0.2) is 0 Å². The minimum Gasteiger partial charge on any atom is -0.317 e. The second kappa shape index (κ2) is 6.91. The van der Waals surface area contributed by atoms with E-state index in [1.165, 1.54) is 50.0 Å². The van der Waals surface area contributed by atoms with Gasteiger partial charge < -0.3 is 5.32 Å². The first-order valence-electron chi connectivity index (χ1n) is 7.30. The van der Waals surface area contributed by atoms with Crippen molar-refractivity contribution >= 4 is 0 Å². The molecular weight excluding hydrogens is 220 g/mol. The summed E-state index contributed by atoms with van der Waals surface area (Å²) < 4.78 is 0. The van der Waals surface area contributed by atoms with E-state index in [1.54, 1.807) is 0 Å². The van der Waals surface area contributed by atoms with Crippen LogP contribution in [0.25, 0.3) is 0 Å². The predicted octanol–water partition coefficient (Wildman–Crippen LogP) is 2.96. The van der Waals surface area contributed by atoms with Crippen molar-refractivity contribution in [3.05, 3.63) is 35.4 Å². The summed E-state index contributed by atoms with van der Waals surface area (Å²) in [7, 11) is 0. The third-order valence-electron chi connectivity index (χ3n) is 3.84. The highest BCUT2D eigenvalue weighted by Crippen LogP contribution is 2.16. The normalized spacial score (nSPS) is 17.3. The van der Waals surface area contributed by atoms with E-state index in [9.17, 15) is 0 Å². The predicted molar refractivity (Wildman–Crippen MR) is 77.8 cm³/mol. The van der Waals surface area contributed by atoms with Gasteiger partial charge in [0.25, 0.3) is 0 Å². The molecule has 0 aromatic heterocycles. The molecule has 1 fully saturated rings. The molecule has 1 aliphatic heterocycles. The number of nitrogens with one attached hydrogen (secondary N) is 1. The Morgan fingerprint density at radius 3 is 2.44 bits per heavy atom. The molecule has 0 bridgehead atoms. The standard InChI is InChI=1S/C16H26N2/c1-3-12-18(16-8-10-17-11-9-16)13-15-6-4-14(2)5-7-15/h4-7,16-17H,3,8-13H2,1-2H3. The maximum atomic E-state index is 3.46. The van der Waals surface area contributed by atoms with E-state index < -0.39 is 0 Å². The van der Waals surface area contributed by atoms with Gasteiger partial charge in [-0.05, 0) is 51.4 Å². The van der Waals surface area contributed by atoms with Gasteiger partial charge in [-0.25, -0.2) is 0 Å². The molecule has 0 atom stereocenters. The highest BCUT2D eigenvalue weighted by molar-refractivity contribution is 5.21. The molecule has 0 radical (unpaired) electrons. The fraction of sp³-hybridized carbons (Fsp3) is 0.625. The molecule has 100 valence electrons. The SMILES string of the molecule is CCCN(Cc1ccc(C)cc1)C1CCNCC1. The van der Waals surface area contributed by atoms with Gasteiger partial charge in [-0.15, -0.1) is 0 Å². The lowest BCUT2D eigenvalue weighted by molar-refractivity contribution is 0.154. The van der Waals surface area contributed by atoms with Crippen molar-refractivity contribution in [2.75, 3.05) is 19.6 Å². The summed E-state index contributed by atoms with van der Waals surface area (Å²) in [6.07, 6.45) is 3.84. The van der Waals surface area contributed by atoms with Gasteiger partial charge in [0.05, 0.1) is 0 Å². The fourth-order valence-corrected chi connectivity index (χ4v) is 2.78. The second-order valence-electron chi connectivity index (χ2n) is 5.44. The van der Waals surface area contributed by atoms with Crippen molar-refractivity contribution in [2.24, 2.45) is 0 Å². The molecule has 0 aliphatic carbocycles. The monoisotopic (exact) mass is 246 g/mol. The third kappa shape index (κ3) is 3.82. The van der Waals surface area contributed by atoms with Crippen LogP contribution >= 0.6 is 0 Å². The topological polar surface area (TPSA) is 15.3 Å². The van der Waals surface area contributed by atoms with Crippen molar-refractivity contribution in [1.82, 2.24) is 10.2 Å². The molecule has 1 aromatic rings. The summed E-state index contributed by atoms with van der Waals surface area (Å²) in [5.41, 5.74) is 2.80. The van der Waals surface area contributed by atoms with Gasteiger partial charge >= 0.3 is 0 Å². The first kappa shape index (κ1) is 13.6. The van der Waals surface area contributed by atoms with Gasteiger partial charge in [-0.3, -0.25) is 4.90 Å². The third-order valence-corrected chi connectivity index (χ3v) is 3.84. The summed E-state index contributed by atoms with van der Waals surface area (Å²) in [6.45, 7) is 9.12. The average Bonchev–Trinajstić information content (AvgIpc) is 2.42. The van der Waals surface area contributed by atoms with E-state index in [2.05, 4.69) is 48.3 Å². The van der Waals surface area contributed by atoms with Gasteiger partial charge in [-0.2, -0.15) is 0 Å². The van der Waals surface area contributed by atoms with Gasteiger partial charge in [0, 0.05) is 12.6 Å². The number of rotatable bonds is 5. The Morgan fingerprint density at radius 2 is 1.83 bits per heavy atom. The Bertz CT molecular complexity index is 339. The van der Waals surface area contributed by atoms with Crippen molar-refractivity contribution < 1.29 is 0 Å². The largest absolute Gasteiger partial charge is 0.317 e. The minimum absolute atomic E-state index is 0.771. The molecular formula is C16H26N2. The molecule has 0 saturated carbocycles. The highest BCUT2D eigenvalue weighted by atomic mass is 15.2. The first-order chi connectivity index (χ1) is 8.79. The van der Waals surface area contributed by atoms with E-state index in [1.807, 2.05) is 0 Å². The zero-order valence-corrected chi connectivity index (χ0v) is 11.8. The number of benzene rings is 1. The van der Waals surface area contributed by atoms with Crippen LogP contribution in [0.5, 0.6) is 0 Å². The van der Waals surface area contributed by atoms with Crippen LogP contribution in [0.15, 0.2) is 24.3 Å². The van der Waals surface area contributed by atoms with Crippen LogP contribution in [-0.2, 0) is 6.54 Å². The number of piperidine rings is 1. The van der Waals surface area contributed by atoms with Crippen LogP contribution in [0, 0.1) is 6.92 Å². The summed E-state index contributed by atoms with van der Waals surface area (Å²) in [6, 6.07) is 9.77. The number of nitrogens with zero attached hydrogens (tertiary/aromatic N) is 1. The van der Waals surface area contributed by atoms with E-state index in [0.29, 0.717) is 0 Å². The lowest BCUT2D eigenvalue weighted by Crippen LogP contribution is -2.43. The molecule has 18 heavy (non-hydrogen) atoms. The fourth-order valence-electron chi connectivity index (χ4n) is 2.78. The molecule has 1 N–H and O–H groups in total. The molecule has 2 nitrogen and oxygen atoms in total. The molecule has 2 rings (SSSR count). The maximum Gasteiger partial charge on any atom is 0.0236 e. The lowest BCUT2D eigenvalue weighted by Gasteiger charge is -2.34. The van der Waals surface area contributed by atoms with E-state index in [0.717, 1.165) is 12.6 Å². The first-order valence-corrected chi connectivity index (χ1v) is 7.30. The Hall–Kier alpha value is -0.860. The van der Waals surface area contributed by atoms with Gasteiger partial charge in [-0.1, -0.05) is 36.8 Å². The molecule has 0 unspecified atom stereocenters. The average molecular weight is 246 g/mol. The van der Waals surface area contributed by atoms with Crippen LogP contribution in [-0.4, -0.2) is 30.6 Å². The van der Waals surface area contributed by atoms with Crippen molar-refractivity contribution in [3.63, 3.8) is 0 Å². The van der Waals surface area contributed by atoms with Crippen molar-refractivity contribution in [1.29, 1.82) is 0 Å². The summed E-state index contributed by atoms with van der Waals surface area (Å²) in [5, 5.41) is 3.46. The van der Waals surface area contributed by atoms with Crippen molar-refractivity contribution in [3.8, 4) is 0 Å². The Balaban J connectivity index is 1.98. The Labute approximate surface area is 111 Å². The van der Waals surface area contributed by atoms with Crippen LogP contribution in [0.4, 0.5) is 0 Å². The minimum atomic E-state index is 0.771. The summed E-state index contributed by atoms with van der Waals surface area (Å²) >= 11 is 0.